The first kappa shape index (κ1) is 15.2. The Kier molecular flexibility index (Phi) is 5.54. The van der Waals surface area contributed by atoms with Gasteiger partial charge in [-0.15, -0.1) is 0 Å². The van der Waals surface area contributed by atoms with Crippen molar-refractivity contribution in [2.24, 2.45) is 0 Å². The summed E-state index contributed by atoms with van der Waals surface area (Å²) in [5.41, 5.74) is 7.37. The van der Waals surface area contributed by atoms with E-state index < -0.39 is 0 Å². The molecule has 19 heavy (non-hydrogen) atoms. The van der Waals surface area contributed by atoms with E-state index in [0.29, 0.717) is 19.5 Å². The number of anilines is 1. The lowest BCUT2D eigenvalue weighted by molar-refractivity contribution is 0.0727. The van der Waals surface area contributed by atoms with Gasteiger partial charge in [-0.25, -0.2) is 14.8 Å². The monoisotopic (exact) mass is 266 g/mol. The fourth-order valence-electron chi connectivity index (χ4n) is 1.76. The molecule has 0 bridgehead atoms. The molecule has 2 rings (SSSR count). The fraction of sp³-hybridized carbons (Fsp3) is 0.615. The molecule has 0 spiro atoms. The van der Waals surface area contributed by atoms with E-state index in [1.807, 2.05) is 27.7 Å². The average Bonchev–Trinajstić information content (AvgIpc) is 2.39. The van der Waals surface area contributed by atoms with Crippen molar-refractivity contribution in [2.45, 2.75) is 46.8 Å². The summed E-state index contributed by atoms with van der Waals surface area (Å²) < 4.78 is 5.15. The second-order valence-electron chi connectivity index (χ2n) is 4.30. The molecule has 106 valence electrons. The number of aromatic nitrogens is 2. The van der Waals surface area contributed by atoms with Crippen LogP contribution < -0.4 is 5.73 Å². The van der Waals surface area contributed by atoms with Crippen LogP contribution in [0.4, 0.5) is 10.7 Å². The van der Waals surface area contributed by atoms with Crippen molar-refractivity contribution < 1.29 is 9.53 Å². The van der Waals surface area contributed by atoms with Gasteiger partial charge in [0.25, 0.3) is 0 Å². The minimum Gasteiger partial charge on any atom is -0.447 e. The summed E-state index contributed by atoms with van der Waals surface area (Å²) in [6.45, 7) is 8.76. The zero-order valence-electron chi connectivity index (χ0n) is 12.0. The Hall–Kier alpha value is -1.85. The van der Waals surface area contributed by atoms with Crippen molar-refractivity contribution >= 4 is 12.0 Å². The molecular weight excluding hydrogens is 244 g/mol. The Labute approximate surface area is 114 Å². The number of amides is 1. The van der Waals surface area contributed by atoms with Crippen LogP contribution in [0, 0.1) is 0 Å². The van der Waals surface area contributed by atoms with E-state index in [0.717, 1.165) is 11.3 Å². The van der Waals surface area contributed by atoms with E-state index in [2.05, 4.69) is 9.97 Å². The maximum absolute atomic E-state index is 11.7. The van der Waals surface area contributed by atoms with Gasteiger partial charge in [0, 0.05) is 24.7 Å². The summed E-state index contributed by atoms with van der Waals surface area (Å²) in [5, 5.41) is 0. The van der Waals surface area contributed by atoms with Crippen molar-refractivity contribution in [1.29, 1.82) is 0 Å². The van der Waals surface area contributed by atoms with Crippen LogP contribution in [0.15, 0.2) is 6.20 Å². The third kappa shape index (κ3) is 4.08. The molecule has 1 aliphatic heterocycles. The van der Waals surface area contributed by atoms with Crippen molar-refractivity contribution in [3.8, 4) is 0 Å². The van der Waals surface area contributed by atoms with Crippen LogP contribution >= 0.6 is 0 Å². The second kappa shape index (κ2) is 6.92. The first-order valence-corrected chi connectivity index (χ1v) is 6.62. The minimum atomic E-state index is -0.289. The molecule has 6 nitrogen and oxygen atoms in total. The molecule has 2 heterocycles. The molecule has 0 saturated carbocycles. The predicted octanol–water partition coefficient (Wildman–Crippen LogP) is 1.99. The quantitative estimate of drug-likeness (QED) is 0.840. The third-order valence-electron chi connectivity index (χ3n) is 2.55. The van der Waals surface area contributed by atoms with E-state index in [9.17, 15) is 4.79 Å². The number of hydrogen-bond donors (Lipinski definition) is 1. The maximum Gasteiger partial charge on any atom is 0.410 e. The van der Waals surface area contributed by atoms with Gasteiger partial charge in [0.15, 0.2) is 0 Å². The topological polar surface area (TPSA) is 81.3 Å². The van der Waals surface area contributed by atoms with Crippen molar-refractivity contribution in [1.82, 2.24) is 14.9 Å². The fourth-order valence-corrected chi connectivity index (χ4v) is 1.76. The van der Waals surface area contributed by atoms with Gasteiger partial charge in [-0.05, 0) is 13.8 Å². The van der Waals surface area contributed by atoms with Crippen LogP contribution in [0.2, 0.25) is 0 Å². The number of ether oxygens (including phenoxy) is 1. The van der Waals surface area contributed by atoms with Crippen LogP contribution in [0.25, 0.3) is 0 Å². The van der Waals surface area contributed by atoms with Crippen LogP contribution in [0.1, 0.15) is 39.0 Å². The molecule has 1 amide bonds. The Balaban J connectivity index is 0.000000861. The summed E-state index contributed by atoms with van der Waals surface area (Å²) in [7, 11) is 0. The highest BCUT2D eigenvalue weighted by Crippen LogP contribution is 2.17. The lowest BCUT2D eigenvalue weighted by atomic mass is 10.1. The molecule has 1 aromatic rings. The predicted molar refractivity (Wildman–Crippen MR) is 73.5 cm³/mol. The number of carbonyl (C=O) groups excluding carboxylic acids is 1. The molecule has 0 aliphatic carbocycles. The highest BCUT2D eigenvalue weighted by Gasteiger charge is 2.23. The molecular formula is C13H22N4O2. The Morgan fingerprint density at radius 1 is 1.47 bits per heavy atom. The molecule has 0 aromatic carbocycles. The molecule has 1 aromatic heterocycles. The van der Waals surface area contributed by atoms with E-state index in [-0.39, 0.29) is 18.1 Å². The molecule has 1 aliphatic rings. The van der Waals surface area contributed by atoms with Crippen LogP contribution in [0.3, 0.4) is 0 Å². The van der Waals surface area contributed by atoms with Gasteiger partial charge in [-0.1, -0.05) is 13.8 Å². The smallest absolute Gasteiger partial charge is 0.410 e. The van der Waals surface area contributed by atoms with Crippen molar-refractivity contribution in [3.05, 3.63) is 17.5 Å². The van der Waals surface area contributed by atoms with E-state index in [1.54, 1.807) is 11.1 Å². The van der Waals surface area contributed by atoms with Crippen molar-refractivity contribution in [2.75, 3.05) is 12.3 Å². The highest BCUT2D eigenvalue weighted by atomic mass is 16.6. The van der Waals surface area contributed by atoms with E-state index in [1.165, 1.54) is 0 Å². The summed E-state index contributed by atoms with van der Waals surface area (Å²) in [4.78, 5) is 21.5. The van der Waals surface area contributed by atoms with Crippen molar-refractivity contribution in [3.63, 3.8) is 0 Å². The van der Waals surface area contributed by atoms with Crippen LogP contribution in [0.5, 0.6) is 0 Å². The second-order valence-corrected chi connectivity index (χ2v) is 4.30. The number of nitrogens with zero attached hydrogens (tertiary/aromatic N) is 3. The van der Waals surface area contributed by atoms with Gasteiger partial charge < -0.3 is 15.4 Å². The normalized spacial score (nSPS) is 13.4. The maximum atomic E-state index is 11.7. The number of rotatable bonds is 1. The molecule has 6 heteroatoms. The number of fused-ring (bicyclic) bond motifs is 1. The molecule has 0 unspecified atom stereocenters. The number of carbonyl (C=O) groups is 1. The van der Waals surface area contributed by atoms with E-state index in [4.69, 9.17) is 10.5 Å². The molecule has 2 N–H and O–H groups in total. The zero-order chi connectivity index (χ0) is 14.4. The van der Waals surface area contributed by atoms with Gasteiger partial charge >= 0.3 is 6.09 Å². The number of nitrogen functional groups attached to an aromatic ring is 1. The third-order valence-corrected chi connectivity index (χ3v) is 2.55. The van der Waals surface area contributed by atoms with Gasteiger partial charge in [-0.2, -0.15) is 0 Å². The first-order valence-electron chi connectivity index (χ1n) is 6.62. The van der Waals surface area contributed by atoms with E-state index >= 15 is 0 Å². The minimum absolute atomic E-state index is 0.105. The lowest BCUT2D eigenvalue weighted by Crippen LogP contribution is -2.37. The first-order chi connectivity index (χ1) is 9.06. The standard InChI is InChI=1S/C11H16N4O2.C2H6/c1-7(2)17-11(16)15-4-3-9-8(6-15)5-13-10(12)14-9;1-2/h5,7H,3-4,6H2,1-2H3,(H2,12,13,14);1-2H3. The number of hydrogen-bond acceptors (Lipinski definition) is 5. The summed E-state index contributed by atoms with van der Waals surface area (Å²) in [5.74, 6) is 0.280. The highest BCUT2D eigenvalue weighted by molar-refractivity contribution is 5.68. The molecule has 0 atom stereocenters. The zero-order valence-corrected chi connectivity index (χ0v) is 12.0. The summed E-state index contributed by atoms with van der Waals surface area (Å²) in [6, 6.07) is 0. The largest absolute Gasteiger partial charge is 0.447 e. The Bertz CT molecular complexity index is 435. The summed E-state index contributed by atoms with van der Waals surface area (Å²) in [6.07, 6.45) is 1.97. The van der Waals surface area contributed by atoms with Crippen LogP contribution in [-0.2, 0) is 17.7 Å². The SMILES string of the molecule is CC.CC(C)OC(=O)N1CCc2nc(N)ncc2C1. The molecule has 0 saturated heterocycles. The Morgan fingerprint density at radius 2 is 2.16 bits per heavy atom. The molecule has 0 fully saturated rings. The van der Waals surface area contributed by atoms with Gasteiger partial charge in [-0.3, -0.25) is 0 Å². The molecule has 0 radical (unpaired) electrons. The number of nitrogens with two attached hydrogens (primary N) is 1. The van der Waals surface area contributed by atoms with Gasteiger partial charge in [0.2, 0.25) is 5.95 Å². The average molecular weight is 266 g/mol. The Morgan fingerprint density at radius 3 is 2.79 bits per heavy atom. The van der Waals surface area contributed by atoms with Gasteiger partial charge in [0.05, 0.1) is 18.3 Å². The van der Waals surface area contributed by atoms with Gasteiger partial charge in [0.1, 0.15) is 0 Å². The van der Waals surface area contributed by atoms with Crippen LogP contribution in [-0.4, -0.2) is 33.6 Å². The lowest BCUT2D eigenvalue weighted by Gasteiger charge is -2.27. The summed E-state index contributed by atoms with van der Waals surface area (Å²) >= 11 is 0.